The van der Waals surface area contributed by atoms with Crippen molar-refractivity contribution in [2.45, 2.75) is 18.6 Å². The monoisotopic (exact) mass is 195 g/mol. The Morgan fingerprint density at radius 1 is 1.42 bits per heavy atom. The Hall–Kier alpha value is -0.550. The van der Waals surface area contributed by atoms with Gasteiger partial charge in [0.15, 0.2) is 0 Å². The van der Waals surface area contributed by atoms with Crippen molar-refractivity contribution in [3.8, 4) is 0 Å². The average Bonchev–Trinajstić information content (AvgIpc) is 2.34. The van der Waals surface area contributed by atoms with Crippen molar-refractivity contribution in [1.29, 1.82) is 0 Å². The molecule has 1 rings (SSSR count). The minimum absolute atomic E-state index is 0.134. The molecule has 1 unspecified atom stereocenters. The molecule has 0 saturated heterocycles. The van der Waals surface area contributed by atoms with Crippen LogP contribution >= 0.6 is 11.3 Å². The highest BCUT2D eigenvalue weighted by Gasteiger charge is 2.49. The van der Waals surface area contributed by atoms with Crippen molar-refractivity contribution in [2.75, 3.05) is 0 Å². The molecule has 1 aromatic heterocycles. The number of hydrogen-bond acceptors (Lipinski definition) is 2. The van der Waals surface area contributed by atoms with Crippen LogP contribution in [0.2, 0.25) is 0 Å². The Bertz CT molecular complexity index is 250. The van der Waals surface area contributed by atoms with E-state index in [9.17, 15) is 13.2 Å². The number of rotatable bonds is 1. The van der Waals surface area contributed by atoms with Crippen molar-refractivity contribution in [2.24, 2.45) is 5.73 Å². The Morgan fingerprint density at radius 3 is 2.33 bits per heavy atom. The second-order valence-corrected chi connectivity index (χ2v) is 3.63. The molecule has 1 aromatic rings. The zero-order chi connectivity index (χ0) is 9.41. The quantitative estimate of drug-likeness (QED) is 0.732. The summed E-state index contributed by atoms with van der Waals surface area (Å²) in [4.78, 5) is 0.134. The van der Waals surface area contributed by atoms with Gasteiger partial charge in [-0.05, 0) is 18.4 Å². The minimum atomic E-state index is -4.39. The van der Waals surface area contributed by atoms with Gasteiger partial charge in [0.2, 0.25) is 0 Å². The number of alkyl halides is 3. The van der Waals surface area contributed by atoms with Crippen LogP contribution in [0.5, 0.6) is 0 Å². The predicted molar refractivity (Wildman–Crippen MR) is 41.9 cm³/mol. The van der Waals surface area contributed by atoms with Crippen molar-refractivity contribution in [1.82, 2.24) is 0 Å². The largest absolute Gasteiger partial charge is 0.411 e. The van der Waals surface area contributed by atoms with Gasteiger partial charge in [-0.3, -0.25) is 0 Å². The molecule has 1 atom stereocenters. The molecule has 0 aliphatic heterocycles. The summed E-state index contributed by atoms with van der Waals surface area (Å²) in [5.74, 6) is 0. The van der Waals surface area contributed by atoms with Crippen LogP contribution in [0.3, 0.4) is 0 Å². The SMILES string of the molecule is CC(N)(c1cccs1)C(F)(F)F. The summed E-state index contributed by atoms with van der Waals surface area (Å²) in [5.41, 5.74) is 2.92. The van der Waals surface area contributed by atoms with Gasteiger partial charge in [-0.2, -0.15) is 13.2 Å². The van der Waals surface area contributed by atoms with Crippen molar-refractivity contribution in [3.63, 3.8) is 0 Å². The van der Waals surface area contributed by atoms with Crippen molar-refractivity contribution < 1.29 is 13.2 Å². The highest BCUT2D eigenvalue weighted by atomic mass is 32.1. The molecule has 68 valence electrons. The fraction of sp³-hybridized carbons (Fsp3) is 0.429. The summed E-state index contributed by atoms with van der Waals surface area (Å²) in [5, 5.41) is 1.58. The lowest BCUT2D eigenvalue weighted by atomic mass is 10.0. The molecule has 0 bridgehead atoms. The van der Waals surface area contributed by atoms with Gasteiger partial charge in [-0.15, -0.1) is 11.3 Å². The third-order valence-electron chi connectivity index (χ3n) is 1.62. The molecule has 0 saturated carbocycles. The van der Waals surface area contributed by atoms with Gasteiger partial charge in [0.25, 0.3) is 0 Å². The average molecular weight is 195 g/mol. The normalized spacial score (nSPS) is 17.4. The summed E-state index contributed by atoms with van der Waals surface area (Å²) in [7, 11) is 0. The first kappa shape index (κ1) is 9.54. The lowest BCUT2D eigenvalue weighted by Crippen LogP contribution is -2.46. The highest BCUT2D eigenvalue weighted by molar-refractivity contribution is 7.10. The van der Waals surface area contributed by atoms with Gasteiger partial charge in [0.05, 0.1) is 0 Å². The smallest absolute Gasteiger partial charge is 0.313 e. The molecule has 0 aliphatic rings. The fourth-order valence-corrected chi connectivity index (χ4v) is 1.54. The van der Waals surface area contributed by atoms with Crippen LogP contribution in [0.1, 0.15) is 11.8 Å². The van der Waals surface area contributed by atoms with Crippen LogP contribution < -0.4 is 5.73 Å². The highest BCUT2D eigenvalue weighted by Crippen LogP contribution is 2.38. The Balaban J connectivity index is 3.02. The van der Waals surface area contributed by atoms with E-state index in [1.165, 1.54) is 6.07 Å². The molecule has 5 heteroatoms. The molecular formula is C7H8F3NS. The van der Waals surface area contributed by atoms with E-state index in [1.54, 1.807) is 11.4 Å². The standard InChI is InChI=1S/C7H8F3NS/c1-6(11,7(8,9)10)5-3-2-4-12-5/h2-4H,11H2,1H3. The Kier molecular flexibility index (Phi) is 2.18. The van der Waals surface area contributed by atoms with E-state index in [0.29, 0.717) is 0 Å². The molecule has 0 spiro atoms. The molecule has 1 heterocycles. The maximum atomic E-state index is 12.3. The molecule has 0 aliphatic carbocycles. The van der Waals surface area contributed by atoms with Gasteiger partial charge in [0, 0.05) is 4.88 Å². The Morgan fingerprint density at radius 2 is 2.00 bits per heavy atom. The number of thiophene rings is 1. The molecule has 1 nitrogen and oxygen atoms in total. The number of nitrogens with two attached hydrogens (primary N) is 1. The van der Waals surface area contributed by atoms with E-state index in [1.807, 2.05) is 0 Å². The maximum Gasteiger partial charge on any atom is 0.411 e. The molecule has 12 heavy (non-hydrogen) atoms. The summed E-state index contributed by atoms with van der Waals surface area (Å²) < 4.78 is 36.8. The van der Waals surface area contributed by atoms with E-state index in [2.05, 4.69) is 0 Å². The third-order valence-corrected chi connectivity index (χ3v) is 2.73. The van der Waals surface area contributed by atoms with E-state index in [-0.39, 0.29) is 4.88 Å². The van der Waals surface area contributed by atoms with Crippen LogP contribution in [-0.2, 0) is 5.54 Å². The van der Waals surface area contributed by atoms with Crippen LogP contribution in [-0.4, -0.2) is 6.18 Å². The van der Waals surface area contributed by atoms with Crippen LogP contribution in [0, 0.1) is 0 Å². The van der Waals surface area contributed by atoms with Crippen LogP contribution in [0.15, 0.2) is 17.5 Å². The second-order valence-electron chi connectivity index (χ2n) is 2.68. The maximum absolute atomic E-state index is 12.3. The third kappa shape index (κ3) is 1.47. The molecule has 2 N–H and O–H groups in total. The van der Waals surface area contributed by atoms with E-state index in [4.69, 9.17) is 5.73 Å². The fourth-order valence-electron chi connectivity index (χ4n) is 0.714. The molecule has 0 amide bonds. The summed E-state index contributed by atoms with van der Waals surface area (Å²) in [6, 6.07) is 2.94. The first-order valence-electron chi connectivity index (χ1n) is 3.25. The summed E-state index contributed by atoms with van der Waals surface area (Å²) >= 11 is 1.01. The molecular weight excluding hydrogens is 187 g/mol. The van der Waals surface area contributed by atoms with Gasteiger partial charge in [0.1, 0.15) is 5.54 Å². The first-order chi connectivity index (χ1) is 5.36. The zero-order valence-electron chi connectivity index (χ0n) is 6.35. The molecule has 0 fully saturated rings. The lowest BCUT2D eigenvalue weighted by molar-refractivity contribution is -0.183. The summed E-state index contributed by atoms with van der Waals surface area (Å²) in [6.45, 7) is 0.971. The van der Waals surface area contributed by atoms with Crippen molar-refractivity contribution >= 4 is 11.3 Å². The molecule has 0 radical (unpaired) electrons. The Labute approximate surface area is 72.0 Å². The first-order valence-corrected chi connectivity index (χ1v) is 4.13. The van der Waals surface area contributed by atoms with Gasteiger partial charge < -0.3 is 5.73 Å². The number of hydrogen-bond donors (Lipinski definition) is 1. The lowest BCUT2D eigenvalue weighted by Gasteiger charge is -2.26. The minimum Gasteiger partial charge on any atom is -0.313 e. The van der Waals surface area contributed by atoms with Gasteiger partial charge in [-0.1, -0.05) is 6.07 Å². The van der Waals surface area contributed by atoms with Crippen LogP contribution in [0.4, 0.5) is 13.2 Å². The van der Waals surface area contributed by atoms with Crippen molar-refractivity contribution in [3.05, 3.63) is 22.4 Å². The number of halogens is 3. The second kappa shape index (κ2) is 2.74. The van der Waals surface area contributed by atoms with E-state index in [0.717, 1.165) is 18.3 Å². The van der Waals surface area contributed by atoms with Gasteiger partial charge >= 0.3 is 6.18 Å². The zero-order valence-corrected chi connectivity index (χ0v) is 7.17. The topological polar surface area (TPSA) is 26.0 Å². The van der Waals surface area contributed by atoms with Crippen LogP contribution in [0.25, 0.3) is 0 Å². The molecule has 0 aromatic carbocycles. The van der Waals surface area contributed by atoms with E-state index >= 15 is 0 Å². The van der Waals surface area contributed by atoms with Gasteiger partial charge in [-0.25, -0.2) is 0 Å². The predicted octanol–water partition coefficient (Wildman–Crippen LogP) is 2.48. The summed E-state index contributed by atoms with van der Waals surface area (Å²) in [6.07, 6.45) is -4.39. The van der Waals surface area contributed by atoms with E-state index < -0.39 is 11.7 Å².